The lowest BCUT2D eigenvalue weighted by molar-refractivity contribution is -0.126. The summed E-state index contributed by atoms with van der Waals surface area (Å²) in [5.41, 5.74) is 0.812. The van der Waals surface area contributed by atoms with Gasteiger partial charge in [-0.25, -0.2) is 8.78 Å². The zero-order chi connectivity index (χ0) is 22.7. The Labute approximate surface area is 178 Å². The molecule has 0 saturated carbocycles. The van der Waals surface area contributed by atoms with Crippen molar-refractivity contribution in [3.63, 3.8) is 0 Å². The van der Waals surface area contributed by atoms with Crippen molar-refractivity contribution < 1.29 is 32.6 Å². The van der Waals surface area contributed by atoms with Crippen LogP contribution in [0.1, 0.15) is 24.9 Å². The molecule has 7 nitrogen and oxygen atoms in total. The van der Waals surface area contributed by atoms with E-state index in [-0.39, 0.29) is 30.5 Å². The number of amides is 2. The summed E-state index contributed by atoms with van der Waals surface area (Å²) in [7, 11) is 4.50. The molecule has 31 heavy (non-hydrogen) atoms. The second kappa shape index (κ2) is 9.20. The average molecular weight is 434 g/mol. The first-order valence-corrected chi connectivity index (χ1v) is 9.64. The normalized spacial score (nSPS) is 16.8. The van der Waals surface area contributed by atoms with Crippen LogP contribution in [0.5, 0.6) is 17.2 Å². The van der Waals surface area contributed by atoms with E-state index in [0.717, 1.165) is 23.8 Å². The number of carbonyl (C=O) groups is 2. The molecule has 2 unspecified atom stereocenters. The highest BCUT2D eigenvalue weighted by molar-refractivity contribution is 6.00. The number of nitrogens with one attached hydrogen (secondary N) is 1. The summed E-state index contributed by atoms with van der Waals surface area (Å²) in [5.74, 6) is -1.59. The molecule has 2 amide bonds. The van der Waals surface area contributed by atoms with Gasteiger partial charge in [-0.1, -0.05) is 0 Å². The van der Waals surface area contributed by atoms with Gasteiger partial charge in [-0.05, 0) is 36.8 Å². The van der Waals surface area contributed by atoms with Crippen LogP contribution in [0.3, 0.4) is 0 Å². The van der Waals surface area contributed by atoms with Gasteiger partial charge in [0.15, 0.2) is 11.5 Å². The Morgan fingerprint density at radius 2 is 1.61 bits per heavy atom. The number of hydrogen-bond acceptors (Lipinski definition) is 5. The summed E-state index contributed by atoms with van der Waals surface area (Å²) in [5, 5.41) is 2.88. The van der Waals surface area contributed by atoms with Crippen molar-refractivity contribution in [3.05, 3.63) is 47.5 Å². The van der Waals surface area contributed by atoms with Crippen LogP contribution in [-0.4, -0.2) is 39.7 Å². The molecule has 1 saturated heterocycles. The fraction of sp³-hybridized carbons (Fsp3) is 0.364. The fourth-order valence-electron chi connectivity index (χ4n) is 3.59. The molecule has 0 radical (unpaired) electrons. The van der Waals surface area contributed by atoms with Crippen molar-refractivity contribution in [2.45, 2.75) is 19.4 Å². The average Bonchev–Trinajstić information content (AvgIpc) is 3.13. The highest BCUT2D eigenvalue weighted by Gasteiger charge is 2.36. The third kappa shape index (κ3) is 4.70. The monoisotopic (exact) mass is 434 g/mol. The molecule has 0 aliphatic carbocycles. The zero-order valence-corrected chi connectivity index (χ0v) is 17.7. The Bertz CT molecular complexity index is 953. The van der Waals surface area contributed by atoms with Crippen LogP contribution >= 0.6 is 0 Å². The van der Waals surface area contributed by atoms with E-state index in [4.69, 9.17) is 14.2 Å². The van der Waals surface area contributed by atoms with E-state index >= 15 is 0 Å². The summed E-state index contributed by atoms with van der Waals surface area (Å²) in [4.78, 5) is 26.4. The number of benzene rings is 2. The number of rotatable bonds is 7. The Hall–Kier alpha value is -3.36. The zero-order valence-electron chi connectivity index (χ0n) is 17.7. The summed E-state index contributed by atoms with van der Waals surface area (Å²) in [6, 6.07) is 5.91. The molecule has 9 heteroatoms. The van der Waals surface area contributed by atoms with Gasteiger partial charge in [-0.3, -0.25) is 9.59 Å². The second-order valence-corrected chi connectivity index (χ2v) is 7.22. The van der Waals surface area contributed by atoms with E-state index in [1.165, 1.54) is 26.2 Å². The van der Waals surface area contributed by atoms with Crippen molar-refractivity contribution in [2.24, 2.45) is 5.92 Å². The molecule has 3 rings (SSSR count). The van der Waals surface area contributed by atoms with Crippen LogP contribution in [0.4, 0.5) is 14.5 Å². The molecule has 2 aromatic carbocycles. The lowest BCUT2D eigenvalue weighted by Crippen LogP contribution is -2.34. The van der Waals surface area contributed by atoms with Gasteiger partial charge in [0, 0.05) is 24.7 Å². The summed E-state index contributed by atoms with van der Waals surface area (Å²) < 4.78 is 43.0. The molecule has 0 aromatic heterocycles. The van der Waals surface area contributed by atoms with Gasteiger partial charge in [0.2, 0.25) is 17.6 Å². The van der Waals surface area contributed by atoms with Gasteiger partial charge in [0.1, 0.15) is 11.6 Å². The Balaban J connectivity index is 1.74. The van der Waals surface area contributed by atoms with E-state index in [2.05, 4.69) is 5.32 Å². The van der Waals surface area contributed by atoms with Crippen LogP contribution in [0.15, 0.2) is 30.3 Å². The van der Waals surface area contributed by atoms with E-state index in [1.807, 2.05) is 0 Å². The molecule has 166 valence electrons. The summed E-state index contributed by atoms with van der Waals surface area (Å²) >= 11 is 0. The highest BCUT2D eigenvalue weighted by Crippen LogP contribution is 2.39. The molecular weight excluding hydrogens is 410 g/mol. The Morgan fingerprint density at radius 1 is 1.03 bits per heavy atom. The molecule has 1 heterocycles. The minimum absolute atomic E-state index is 0.0372. The van der Waals surface area contributed by atoms with E-state index in [9.17, 15) is 18.4 Å². The lowest BCUT2D eigenvalue weighted by atomic mass is 10.0. The minimum atomic E-state index is -0.785. The number of anilines is 1. The van der Waals surface area contributed by atoms with E-state index in [0.29, 0.717) is 17.2 Å². The molecule has 1 aliphatic heterocycles. The van der Waals surface area contributed by atoms with Gasteiger partial charge in [-0.15, -0.1) is 0 Å². The molecule has 1 aliphatic rings. The predicted molar refractivity (Wildman–Crippen MR) is 109 cm³/mol. The maximum absolute atomic E-state index is 13.5. The first-order valence-electron chi connectivity index (χ1n) is 9.64. The van der Waals surface area contributed by atoms with Gasteiger partial charge < -0.3 is 24.4 Å². The predicted octanol–water partition coefficient (Wildman–Crippen LogP) is 3.22. The quantitative estimate of drug-likeness (QED) is 0.724. The number of hydrogen-bond donors (Lipinski definition) is 1. The van der Waals surface area contributed by atoms with Gasteiger partial charge in [-0.2, -0.15) is 0 Å². The minimum Gasteiger partial charge on any atom is -0.493 e. The first kappa shape index (κ1) is 22.3. The maximum atomic E-state index is 13.5. The third-order valence-corrected chi connectivity index (χ3v) is 5.20. The topological polar surface area (TPSA) is 77.1 Å². The van der Waals surface area contributed by atoms with E-state index in [1.54, 1.807) is 19.1 Å². The van der Waals surface area contributed by atoms with Gasteiger partial charge >= 0.3 is 0 Å². The molecule has 2 aromatic rings. The number of halogens is 2. The van der Waals surface area contributed by atoms with Crippen molar-refractivity contribution in [2.75, 3.05) is 32.8 Å². The van der Waals surface area contributed by atoms with Crippen molar-refractivity contribution in [1.29, 1.82) is 0 Å². The first-order chi connectivity index (χ1) is 14.8. The Morgan fingerprint density at radius 3 is 2.13 bits per heavy atom. The van der Waals surface area contributed by atoms with Crippen LogP contribution in [0.25, 0.3) is 0 Å². The SMILES string of the molecule is COc1cc(C(C)NC(=O)C2CC(=O)N(c3cc(F)cc(F)c3)C2)cc(OC)c1OC. The fourth-order valence-corrected chi connectivity index (χ4v) is 3.59. The van der Waals surface area contributed by atoms with Crippen LogP contribution < -0.4 is 24.4 Å². The maximum Gasteiger partial charge on any atom is 0.227 e. The lowest BCUT2D eigenvalue weighted by Gasteiger charge is -2.21. The van der Waals surface area contributed by atoms with Crippen molar-refractivity contribution in [1.82, 2.24) is 5.32 Å². The molecule has 1 N–H and O–H groups in total. The van der Waals surface area contributed by atoms with Crippen molar-refractivity contribution in [3.8, 4) is 17.2 Å². The highest BCUT2D eigenvalue weighted by atomic mass is 19.1. The molecule has 2 atom stereocenters. The van der Waals surface area contributed by atoms with Crippen LogP contribution in [0.2, 0.25) is 0 Å². The number of methoxy groups -OCH3 is 3. The largest absolute Gasteiger partial charge is 0.493 e. The third-order valence-electron chi connectivity index (χ3n) is 5.20. The number of nitrogens with zero attached hydrogens (tertiary/aromatic N) is 1. The number of carbonyl (C=O) groups excluding carboxylic acids is 2. The molecule has 0 spiro atoms. The number of ether oxygens (including phenoxy) is 3. The van der Waals surface area contributed by atoms with E-state index < -0.39 is 23.6 Å². The smallest absolute Gasteiger partial charge is 0.227 e. The second-order valence-electron chi connectivity index (χ2n) is 7.22. The van der Waals surface area contributed by atoms with Crippen molar-refractivity contribution >= 4 is 17.5 Å². The Kier molecular flexibility index (Phi) is 6.62. The van der Waals surface area contributed by atoms with Crippen LogP contribution in [-0.2, 0) is 9.59 Å². The molecular formula is C22H24F2N2O5. The van der Waals surface area contributed by atoms with Crippen LogP contribution in [0, 0.1) is 17.6 Å². The van der Waals surface area contributed by atoms with Gasteiger partial charge in [0.25, 0.3) is 0 Å². The van der Waals surface area contributed by atoms with Gasteiger partial charge in [0.05, 0.1) is 33.3 Å². The standard InChI is InChI=1S/C22H24F2N2O5/c1-12(13-5-18(29-2)21(31-4)19(6-13)30-3)25-22(28)14-7-20(27)26(11-14)17-9-15(23)8-16(24)10-17/h5-6,8-10,12,14H,7,11H2,1-4H3,(H,25,28). The molecule has 0 bridgehead atoms. The summed E-state index contributed by atoms with van der Waals surface area (Å²) in [6.45, 7) is 1.82. The molecule has 1 fully saturated rings. The summed E-state index contributed by atoms with van der Waals surface area (Å²) in [6.07, 6.45) is -0.0497.